The van der Waals surface area contributed by atoms with E-state index in [9.17, 15) is 9.59 Å². The largest absolute Gasteiger partial charge is 0.367 e. The fourth-order valence-electron chi connectivity index (χ4n) is 1.46. The van der Waals surface area contributed by atoms with Crippen molar-refractivity contribution in [1.29, 1.82) is 0 Å². The number of nitrogens with one attached hydrogen (secondary N) is 1. The van der Waals surface area contributed by atoms with Gasteiger partial charge in [0.15, 0.2) is 5.43 Å². The van der Waals surface area contributed by atoms with Gasteiger partial charge in [0.25, 0.3) is 5.91 Å². The molecule has 1 N–H and O–H groups in total. The molecule has 0 aromatic carbocycles. The van der Waals surface area contributed by atoms with Gasteiger partial charge in [-0.05, 0) is 6.42 Å². The number of aromatic amines is 1. The van der Waals surface area contributed by atoms with Crippen LogP contribution in [-0.4, -0.2) is 28.9 Å². The van der Waals surface area contributed by atoms with Crippen molar-refractivity contribution in [1.82, 2.24) is 9.88 Å². The van der Waals surface area contributed by atoms with E-state index in [1.807, 2.05) is 6.92 Å². The van der Waals surface area contributed by atoms with Crippen molar-refractivity contribution >= 4 is 5.91 Å². The van der Waals surface area contributed by atoms with Gasteiger partial charge in [-0.25, -0.2) is 0 Å². The smallest absolute Gasteiger partial charge is 0.259 e. The molecule has 1 heterocycles. The topological polar surface area (TPSA) is 53.2 Å². The van der Waals surface area contributed by atoms with Gasteiger partial charge in [-0.1, -0.05) is 13.0 Å². The van der Waals surface area contributed by atoms with Crippen molar-refractivity contribution in [2.24, 2.45) is 0 Å². The molecule has 16 heavy (non-hydrogen) atoms. The Balaban J connectivity index is 2.94. The zero-order valence-electron chi connectivity index (χ0n) is 9.40. The van der Waals surface area contributed by atoms with Crippen LogP contribution in [0.25, 0.3) is 0 Å². The molecule has 4 heteroatoms. The summed E-state index contributed by atoms with van der Waals surface area (Å²) in [5, 5.41) is 0. The molecule has 1 amide bonds. The second-order valence-corrected chi connectivity index (χ2v) is 3.46. The molecule has 86 valence electrons. The zero-order valence-corrected chi connectivity index (χ0v) is 9.40. The first-order valence-corrected chi connectivity index (χ1v) is 5.28. The quantitative estimate of drug-likeness (QED) is 0.763. The third kappa shape index (κ3) is 2.82. The second kappa shape index (κ2) is 5.90. The van der Waals surface area contributed by atoms with Crippen LogP contribution in [0.5, 0.6) is 0 Å². The number of H-pyrrole nitrogens is 1. The van der Waals surface area contributed by atoms with Crippen molar-refractivity contribution in [2.45, 2.75) is 13.3 Å². The summed E-state index contributed by atoms with van der Waals surface area (Å²) in [5.74, 6) is -0.247. The fraction of sp³-hybridized carbons (Fsp3) is 0.333. The van der Waals surface area contributed by atoms with Crippen LogP contribution >= 0.6 is 0 Å². The molecular formula is C12H16N2O2. The van der Waals surface area contributed by atoms with E-state index in [1.54, 1.807) is 11.0 Å². The van der Waals surface area contributed by atoms with Gasteiger partial charge in [0, 0.05) is 31.5 Å². The Morgan fingerprint density at radius 1 is 1.62 bits per heavy atom. The van der Waals surface area contributed by atoms with E-state index in [2.05, 4.69) is 11.6 Å². The standard InChI is InChI=1S/C12H16N2O2/c1-3-7-14(8-4-2)12(16)10-9-13-6-5-11(10)15/h3,5-6,9H,1,4,7-8H2,2H3,(H,13,15). The minimum Gasteiger partial charge on any atom is -0.367 e. The first-order valence-electron chi connectivity index (χ1n) is 5.28. The highest BCUT2D eigenvalue weighted by Crippen LogP contribution is 2.00. The molecule has 0 saturated heterocycles. The van der Waals surface area contributed by atoms with Crippen molar-refractivity contribution in [3.63, 3.8) is 0 Å². The Morgan fingerprint density at radius 2 is 2.38 bits per heavy atom. The Kier molecular flexibility index (Phi) is 4.51. The van der Waals surface area contributed by atoms with Crippen LogP contribution in [0.4, 0.5) is 0 Å². The van der Waals surface area contributed by atoms with Crippen molar-refractivity contribution < 1.29 is 4.79 Å². The van der Waals surface area contributed by atoms with Gasteiger partial charge < -0.3 is 9.88 Å². The molecule has 0 radical (unpaired) electrons. The molecule has 1 aromatic heterocycles. The van der Waals surface area contributed by atoms with Crippen molar-refractivity contribution in [3.05, 3.63) is 46.9 Å². The summed E-state index contributed by atoms with van der Waals surface area (Å²) in [6.45, 7) is 6.67. The van der Waals surface area contributed by atoms with Gasteiger partial charge >= 0.3 is 0 Å². The van der Waals surface area contributed by atoms with Gasteiger partial charge in [-0.15, -0.1) is 6.58 Å². The van der Waals surface area contributed by atoms with E-state index in [1.165, 1.54) is 18.5 Å². The number of aromatic nitrogens is 1. The average molecular weight is 220 g/mol. The van der Waals surface area contributed by atoms with Gasteiger partial charge in [0.2, 0.25) is 0 Å². The number of hydrogen-bond acceptors (Lipinski definition) is 2. The van der Waals surface area contributed by atoms with E-state index < -0.39 is 0 Å². The predicted octanol–water partition coefficient (Wildman–Crippen LogP) is 1.41. The highest BCUT2D eigenvalue weighted by atomic mass is 16.2. The van der Waals surface area contributed by atoms with Gasteiger partial charge in [-0.2, -0.15) is 0 Å². The van der Waals surface area contributed by atoms with Gasteiger partial charge in [0.1, 0.15) is 5.56 Å². The normalized spacial score (nSPS) is 9.81. The molecule has 1 rings (SSSR count). The summed E-state index contributed by atoms with van der Waals surface area (Å²) < 4.78 is 0. The van der Waals surface area contributed by atoms with E-state index in [0.717, 1.165) is 6.42 Å². The first kappa shape index (κ1) is 12.2. The lowest BCUT2D eigenvalue weighted by Crippen LogP contribution is -2.34. The first-order chi connectivity index (χ1) is 7.70. The number of rotatable bonds is 5. The monoisotopic (exact) mass is 220 g/mol. The number of nitrogens with zero attached hydrogens (tertiary/aromatic N) is 1. The van der Waals surface area contributed by atoms with Crippen molar-refractivity contribution in [2.75, 3.05) is 13.1 Å². The zero-order chi connectivity index (χ0) is 12.0. The maximum Gasteiger partial charge on any atom is 0.259 e. The number of carbonyl (C=O) groups is 1. The van der Waals surface area contributed by atoms with Gasteiger partial charge in [0.05, 0.1) is 0 Å². The summed E-state index contributed by atoms with van der Waals surface area (Å²) >= 11 is 0. The average Bonchev–Trinajstić information content (AvgIpc) is 2.28. The van der Waals surface area contributed by atoms with Crippen LogP contribution in [0.3, 0.4) is 0 Å². The number of pyridine rings is 1. The van der Waals surface area contributed by atoms with Crippen LogP contribution in [0.15, 0.2) is 35.9 Å². The molecule has 0 unspecified atom stereocenters. The minimum atomic E-state index is -0.256. The molecule has 0 atom stereocenters. The van der Waals surface area contributed by atoms with Crippen LogP contribution in [0, 0.1) is 0 Å². The van der Waals surface area contributed by atoms with E-state index in [4.69, 9.17) is 0 Å². The van der Waals surface area contributed by atoms with Gasteiger partial charge in [-0.3, -0.25) is 9.59 Å². The van der Waals surface area contributed by atoms with Crippen LogP contribution in [0.1, 0.15) is 23.7 Å². The Hall–Kier alpha value is -1.84. The lowest BCUT2D eigenvalue weighted by atomic mass is 10.2. The van der Waals surface area contributed by atoms with Crippen LogP contribution in [0.2, 0.25) is 0 Å². The Bertz CT molecular complexity index is 423. The molecule has 0 saturated carbocycles. The number of hydrogen-bond donors (Lipinski definition) is 1. The summed E-state index contributed by atoms with van der Waals surface area (Å²) in [7, 11) is 0. The van der Waals surface area contributed by atoms with E-state index in [0.29, 0.717) is 13.1 Å². The third-order valence-electron chi connectivity index (χ3n) is 2.18. The van der Waals surface area contributed by atoms with E-state index >= 15 is 0 Å². The summed E-state index contributed by atoms with van der Waals surface area (Å²) in [6, 6.07) is 1.35. The van der Waals surface area contributed by atoms with Crippen LogP contribution in [-0.2, 0) is 0 Å². The molecule has 0 aliphatic heterocycles. The molecule has 0 spiro atoms. The maximum absolute atomic E-state index is 12.0. The molecule has 0 bridgehead atoms. The molecule has 0 aliphatic rings. The Morgan fingerprint density at radius 3 is 2.94 bits per heavy atom. The lowest BCUT2D eigenvalue weighted by molar-refractivity contribution is 0.0772. The molecule has 1 aromatic rings. The SMILES string of the molecule is C=CCN(CCC)C(=O)c1c[nH]ccc1=O. The number of carbonyl (C=O) groups excluding carboxylic acids is 1. The highest BCUT2D eigenvalue weighted by Gasteiger charge is 2.16. The van der Waals surface area contributed by atoms with Crippen molar-refractivity contribution in [3.8, 4) is 0 Å². The molecule has 0 aliphatic carbocycles. The summed E-state index contributed by atoms with van der Waals surface area (Å²) in [6.07, 6.45) is 5.46. The number of amides is 1. The molecule has 0 fully saturated rings. The summed E-state index contributed by atoms with van der Waals surface area (Å²) in [5.41, 5.74) is -0.0771. The van der Waals surface area contributed by atoms with Crippen LogP contribution < -0.4 is 5.43 Å². The molecular weight excluding hydrogens is 204 g/mol. The third-order valence-corrected chi connectivity index (χ3v) is 2.18. The second-order valence-electron chi connectivity index (χ2n) is 3.46. The Labute approximate surface area is 94.6 Å². The lowest BCUT2D eigenvalue weighted by Gasteiger charge is -2.19. The minimum absolute atomic E-state index is 0.179. The maximum atomic E-state index is 12.0. The van der Waals surface area contributed by atoms with E-state index in [-0.39, 0.29) is 16.9 Å². The highest BCUT2D eigenvalue weighted by molar-refractivity contribution is 5.93. The fourth-order valence-corrected chi connectivity index (χ4v) is 1.46. The molecule has 4 nitrogen and oxygen atoms in total. The summed E-state index contributed by atoms with van der Waals surface area (Å²) in [4.78, 5) is 27.8. The predicted molar refractivity (Wildman–Crippen MR) is 63.5 cm³/mol.